The van der Waals surface area contributed by atoms with Crippen LogP contribution in [0.25, 0.3) is 0 Å². The average molecular weight is 355 g/mol. The second kappa shape index (κ2) is 10.7. The van der Waals surface area contributed by atoms with Gasteiger partial charge in [0.2, 0.25) is 5.79 Å². The quantitative estimate of drug-likeness (QED) is 0.348. The normalized spacial score (nSPS) is 32.8. The molecule has 0 aromatic heterocycles. The molecule has 1 unspecified atom stereocenters. The summed E-state index contributed by atoms with van der Waals surface area (Å²) in [5.74, 6) is -1.76. The molecule has 8 nitrogen and oxygen atoms in total. The minimum absolute atomic E-state index is 0.259. The van der Waals surface area contributed by atoms with Crippen molar-refractivity contribution < 1.29 is 37.7 Å². The predicted molar refractivity (Wildman–Crippen MR) is 80.9 cm³/mol. The Morgan fingerprint density at radius 3 is 2.52 bits per heavy atom. The van der Waals surface area contributed by atoms with E-state index >= 15 is 0 Å². The van der Waals surface area contributed by atoms with Gasteiger partial charge >= 0.3 is 0 Å². The van der Waals surface area contributed by atoms with E-state index < -0.39 is 42.1 Å². The number of aliphatic hydroxyl groups excluding tert-OH is 3. The van der Waals surface area contributed by atoms with Crippen LogP contribution in [0, 0.1) is 0 Å². The molecule has 3 N–H and O–H groups in total. The molecule has 5 atom stereocenters. The molecule has 0 spiro atoms. The first-order chi connectivity index (χ1) is 11.0. The maximum Gasteiger partial charge on any atom is 0.221 e. The number of rotatable bonds is 11. The number of hydrogen-bond acceptors (Lipinski definition) is 8. The zero-order valence-electron chi connectivity index (χ0n) is 13.4. The fourth-order valence-electron chi connectivity index (χ4n) is 2.50. The average Bonchev–Trinajstić information content (AvgIpc) is 2.53. The lowest BCUT2D eigenvalue weighted by atomic mass is 9.97. The Kier molecular flexibility index (Phi) is 9.71. The Morgan fingerprint density at radius 2 is 1.91 bits per heavy atom. The van der Waals surface area contributed by atoms with Gasteiger partial charge in [-0.05, 0) is 6.42 Å². The molecule has 0 bridgehead atoms. The SMILES string of the molecule is CCCCCCCCO[C@]1(CO)OC[C@@H](OS(=O)[O-])[C@@H](O)[C@@H]1O. The van der Waals surface area contributed by atoms with Crippen LogP contribution in [0.1, 0.15) is 45.4 Å². The van der Waals surface area contributed by atoms with Crippen LogP contribution in [0.3, 0.4) is 0 Å². The molecule has 0 aliphatic carbocycles. The lowest BCUT2D eigenvalue weighted by Gasteiger charge is -2.44. The zero-order chi connectivity index (χ0) is 17.3. The maximum atomic E-state index is 10.5. The van der Waals surface area contributed by atoms with Crippen molar-refractivity contribution in [3.05, 3.63) is 0 Å². The molecule has 1 aliphatic heterocycles. The Labute approximate surface area is 139 Å². The van der Waals surface area contributed by atoms with Gasteiger partial charge in [-0.1, -0.05) is 39.0 Å². The van der Waals surface area contributed by atoms with Crippen LogP contribution < -0.4 is 0 Å². The lowest BCUT2D eigenvalue weighted by Crippen LogP contribution is -2.64. The summed E-state index contributed by atoms with van der Waals surface area (Å²) in [6, 6.07) is 0. The summed E-state index contributed by atoms with van der Waals surface area (Å²) in [7, 11) is 0. The Balaban J connectivity index is 2.43. The molecular weight excluding hydrogens is 328 g/mol. The van der Waals surface area contributed by atoms with Crippen molar-refractivity contribution in [3.63, 3.8) is 0 Å². The van der Waals surface area contributed by atoms with Crippen LogP contribution in [-0.2, 0) is 25.0 Å². The summed E-state index contributed by atoms with van der Waals surface area (Å²) < 4.78 is 36.2. The monoisotopic (exact) mass is 355 g/mol. The largest absolute Gasteiger partial charge is 0.750 e. The van der Waals surface area contributed by atoms with Gasteiger partial charge in [-0.2, -0.15) is 0 Å². The molecule has 0 aromatic rings. The van der Waals surface area contributed by atoms with Gasteiger partial charge in [0.05, 0.1) is 24.6 Å². The van der Waals surface area contributed by atoms with Crippen molar-refractivity contribution in [3.8, 4) is 0 Å². The van der Waals surface area contributed by atoms with Crippen LogP contribution in [0.2, 0.25) is 0 Å². The van der Waals surface area contributed by atoms with Gasteiger partial charge in [-0.3, -0.25) is 4.18 Å². The number of aliphatic hydroxyl groups is 3. The van der Waals surface area contributed by atoms with Crippen molar-refractivity contribution in [1.82, 2.24) is 0 Å². The summed E-state index contributed by atoms with van der Waals surface area (Å²) in [5.41, 5.74) is 0. The summed E-state index contributed by atoms with van der Waals surface area (Å²) in [6.45, 7) is 1.42. The topological polar surface area (TPSA) is 129 Å². The summed E-state index contributed by atoms with van der Waals surface area (Å²) >= 11 is -2.84. The third-order valence-electron chi connectivity index (χ3n) is 3.91. The van der Waals surface area contributed by atoms with Crippen molar-refractivity contribution >= 4 is 11.4 Å². The molecule has 23 heavy (non-hydrogen) atoms. The van der Waals surface area contributed by atoms with E-state index in [4.69, 9.17) is 9.47 Å². The first-order valence-corrected chi connectivity index (χ1v) is 8.98. The molecule has 1 heterocycles. The van der Waals surface area contributed by atoms with Crippen LogP contribution in [0.4, 0.5) is 0 Å². The highest BCUT2D eigenvalue weighted by atomic mass is 32.2. The Hall–Kier alpha value is -0.130. The minimum atomic E-state index is -2.84. The van der Waals surface area contributed by atoms with E-state index in [1.807, 2.05) is 0 Å². The summed E-state index contributed by atoms with van der Waals surface area (Å²) in [6.07, 6.45) is 1.90. The predicted octanol–water partition coefficient (Wildman–Crippen LogP) is -0.0166. The van der Waals surface area contributed by atoms with Crippen LogP contribution in [-0.4, -0.2) is 68.0 Å². The standard InChI is InChI=1S/C14H28O8S/c1-2-3-4-5-6-7-8-20-14(10-15)13(17)12(16)11(9-21-14)22-23(18)19/h11-13,15-17H,2-10H2,1H3,(H,18,19)/p-1/t11-,12-,13+,14-/m1/s1. The minimum Gasteiger partial charge on any atom is -0.750 e. The van der Waals surface area contributed by atoms with E-state index in [2.05, 4.69) is 11.1 Å². The van der Waals surface area contributed by atoms with Gasteiger partial charge in [0.25, 0.3) is 0 Å². The van der Waals surface area contributed by atoms with E-state index in [1.54, 1.807) is 0 Å². The molecule has 0 aromatic carbocycles. The number of hydrogen-bond donors (Lipinski definition) is 3. The highest BCUT2D eigenvalue weighted by Gasteiger charge is 2.51. The van der Waals surface area contributed by atoms with E-state index in [1.165, 1.54) is 12.8 Å². The molecule has 1 aliphatic rings. The second-order valence-electron chi connectivity index (χ2n) is 5.67. The fraction of sp³-hybridized carbons (Fsp3) is 1.00. The molecule has 1 saturated heterocycles. The smallest absolute Gasteiger partial charge is 0.221 e. The first kappa shape index (κ1) is 20.9. The second-order valence-corrected chi connectivity index (χ2v) is 6.27. The van der Waals surface area contributed by atoms with Crippen molar-refractivity contribution in [1.29, 1.82) is 0 Å². The van der Waals surface area contributed by atoms with E-state index in [0.29, 0.717) is 0 Å². The van der Waals surface area contributed by atoms with Gasteiger partial charge in [-0.25, -0.2) is 4.21 Å². The maximum absolute atomic E-state index is 10.5. The summed E-state index contributed by atoms with van der Waals surface area (Å²) in [5, 5.41) is 29.5. The Morgan fingerprint density at radius 1 is 1.26 bits per heavy atom. The number of unbranched alkanes of at least 4 members (excludes halogenated alkanes) is 5. The van der Waals surface area contributed by atoms with Gasteiger partial charge < -0.3 is 29.3 Å². The third kappa shape index (κ3) is 6.35. The first-order valence-electron chi connectivity index (χ1n) is 7.98. The molecule has 1 fully saturated rings. The highest BCUT2D eigenvalue weighted by Crippen LogP contribution is 2.29. The van der Waals surface area contributed by atoms with Crippen molar-refractivity contribution in [2.45, 2.75) is 69.5 Å². The molecule has 0 radical (unpaired) electrons. The fourth-order valence-corrected chi connectivity index (χ4v) is 2.87. The van der Waals surface area contributed by atoms with Gasteiger partial charge in [0, 0.05) is 0 Å². The Bertz CT molecular complexity index is 356. The van der Waals surface area contributed by atoms with E-state index in [-0.39, 0.29) is 13.2 Å². The van der Waals surface area contributed by atoms with Crippen LogP contribution in [0.5, 0.6) is 0 Å². The molecule has 1 rings (SSSR count). The molecule has 138 valence electrons. The molecule has 9 heteroatoms. The van der Waals surface area contributed by atoms with E-state index in [0.717, 1.165) is 25.7 Å². The van der Waals surface area contributed by atoms with Gasteiger partial charge in [0.15, 0.2) is 0 Å². The van der Waals surface area contributed by atoms with Gasteiger partial charge in [-0.15, -0.1) is 0 Å². The summed E-state index contributed by atoms with van der Waals surface area (Å²) in [4.78, 5) is 0. The molecular formula is C14H27O8S-. The third-order valence-corrected chi connectivity index (χ3v) is 4.32. The number of ether oxygens (including phenoxy) is 2. The zero-order valence-corrected chi connectivity index (χ0v) is 14.2. The lowest BCUT2D eigenvalue weighted by molar-refractivity contribution is -0.346. The van der Waals surface area contributed by atoms with Crippen LogP contribution in [0.15, 0.2) is 0 Å². The molecule has 0 amide bonds. The van der Waals surface area contributed by atoms with Crippen molar-refractivity contribution in [2.75, 3.05) is 19.8 Å². The van der Waals surface area contributed by atoms with Crippen molar-refractivity contribution in [2.24, 2.45) is 0 Å². The van der Waals surface area contributed by atoms with Gasteiger partial charge in [0.1, 0.15) is 24.9 Å². The highest BCUT2D eigenvalue weighted by molar-refractivity contribution is 7.74. The van der Waals surface area contributed by atoms with E-state index in [9.17, 15) is 24.1 Å². The molecule has 0 saturated carbocycles. The van der Waals surface area contributed by atoms with Crippen LogP contribution >= 0.6 is 0 Å².